The largest absolute Gasteiger partial charge is 0.391 e. The van der Waals surface area contributed by atoms with E-state index in [1.54, 1.807) is 19.1 Å². The summed E-state index contributed by atoms with van der Waals surface area (Å²) >= 11 is 0. The number of sulfone groups is 1. The van der Waals surface area contributed by atoms with E-state index in [4.69, 9.17) is 0 Å². The third-order valence-corrected chi connectivity index (χ3v) is 5.21. The zero-order valence-electron chi connectivity index (χ0n) is 13.1. The van der Waals surface area contributed by atoms with E-state index < -0.39 is 34.4 Å². The second-order valence-corrected chi connectivity index (χ2v) is 7.84. The first-order valence-electron chi connectivity index (χ1n) is 7.43. The molecule has 0 bridgehead atoms. The van der Waals surface area contributed by atoms with Crippen LogP contribution in [-0.2, 0) is 14.6 Å². The Labute approximate surface area is 138 Å². The predicted molar refractivity (Wildman–Crippen MR) is 83.8 cm³/mol. The van der Waals surface area contributed by atoms with Crippen LogP contribution in [0.5, 0.6) is 0 Å². The highest BCUT2D eigenvalue weighted by Crippen LogP contribution is 2.30. The van der Waals surface area contributed by atoms with Gasteiger partial charge in [0.1, 0.15) is 0 Å². The van der Waals surface area contributed by atoms with Gasteiger partial charge in [-0.25, -0.2) is 8.42 Å². The van der Waals surface area contributed by atoms with Gasteiger partial charge in [0.05, 0.1) is 18.2 Å². The SMILES string of the molecule is Cc1ccc(C(CC(F)(F)F)NC(=O)C2=CS(=O)(=O)CCC2)cc1. The summed E-state index contributed by atoms with van der Waals surface area (Å²) in [6.07, 6.45) is -5.16. The van der Waals surface area contributed by atoms with Crippen molar-refractivity contribution in [2.45, 2.75) is 38.4 Å². The molecule has 1 aromatic rings. The second-order valence-electron chi connectivity index (χ2n) is 5.87. The van der Waals surface area contributed by atoms with E-state index >= 15 is 0 Å². The molecule has 1 atom stereocenters. The van der Waals surface area contributed by atoms with Gasteiger partial charge in [-0.1, -0.05) is 29.8 Å². The summed E-state index contributed by atoms with van der Waals surface area (Å²) in [5.74, 6) is -0.818. The Morgan fingerprint density at radius 2 is 1.88 bits per heavy atom. The van der Waals surface area contributed by atoms with Gasteiger partial charge in [0.15, 0.2) is 9.84 Å². The second kappa shape index (κ2) is 6.96. The average molecular weight is 361 g/mol. The number of halogens is 3. The van der Waals surface area contributed by atoms with Crippen LogP contribution in [0.4, 0.5) is 13.2 Å². The van der Waals surface area contributed by atoms with Gasteiger partial charge >= 0.3 is 6.18 Å². The predicted octanol–water partition coefficient (Wildman–Crippen LogP) is 3.20. The number of alkyl halides is 3. The van der Waals surface area contributed by atoms with Gasteiger partial charge in [-0.3, -0.25) is 4.79 Å². The van der Waals surface area contributed by atoms with E-state index in [1.165, 1.54) is 12.1 Å². The van der Waals surface area contributed by atoms with Crippen LogP contribution < -0.4 is 5.32 Å². The number of carbonyl (C=O) groups excluding carboxylic acids is 1. The molecule has 1 unspecified atom stereocenters. The topological polar surface area (TPSA) is 63.2 Å². The van der Waals surface area contributed by atoms with Gasteiger partial charge in [-0.15, -0.1) is 0 Å². The fourth-order valence-electron chi connectivity index (χ4n) is 2.50. The van der Waals surface area contributed by atoms with Crippen molar-refractivity contribution < 1.29 is 26.4 Å². The van der Waals surface area contributed by atoms with Crippen molar-refractivity contribution in [1.29, 1.82) is 0 Å². The molecule has 0 saturated heterocycles. The van der Waals surface area contributed by atoms with Crippen molar-refractivity contribution in [3.8, 4) is 0 Å². The third kappa shape index (κ3) is 5.36. The molecule has 1 amide bonds. The zero-order valence-corrected chi connectivity index (χ0v) is 13.9. The Morgan fingerprint density at radius 1 is 1.25 bits per heavy atom. The molecule has 1 aromatic carbocycles. The van der Waals surface area contributed by atoms with Crippen LogP contribution >= 0.6 is 0 Å². The Bertz CT molecular complexity index is 737. The minimum atomic E-state index is -4.46. The van der Waals surface area contributed by atoms with Crippen molar-refractivity contribution in [3.05, 3.63) is 46.4 Å². The maximum atomic E-state index is 12.8. The highest BCUT2D eigenvalue weighted by molar-refractivity contribution is 7.94. The number of carbonyl (C=O) groups is 1. The highest BCUT2D eigenvalue weighted by Gasteiger charge is 2.34. The number of hydrogen-bond donors (Lipinski definition) is 1. The minimum Gasteiger partial charge on any atom is -0.345 e. The molecule has 0 aliphatic carbocycles. The van der Waals surface area contributed by atoms with Crippen LogP contribution in [0.3, 0.4) is 0 Å². The summed E-state index contributed by atoms with van der Waals surface area (Å²) in [4.78, 5) is 12.2. The molecule has 1 aliphatic heterocycles. The number of hydrogen-bond acceptors (Lipinski definition) is 3. The number of benzene rings is 1. The van der Waals surface area contributed by atoms with E-state index in [0.717, 1.165) is 11.0 Å². The lowest BCUT2D eigenvalue weighted by Gasteiger charge is -2.22. The lowest BCUT2D eigenvalue weighted by atomic mass is 10.0. The van der Waals surface area contributed by atoms with Gasteiger partial charge < -0.3 is 5.32 Å². The molecule has 2 rings (SSSR count). The third-order valence-electron chi connectivity index (χ3n) is 3.71. The van der Waals surface area contributed by atoms with Gasteiger partial charge in [0.2, 0.25) is 5.91 Å². The summed E-state index contributed by atoms with van der Waals surface area (Å²) < 4.78 is 61.6. The Hall–Kier alpha value is -1.83. The maximum absolute atomic E-state index is 12.8. The smallest absolute Gasteiger partial charge is 0.345 e. The average Bonchev–Trinajstić information content (AvgIpc) is 2.44. The fraction of sp³-hybridized carbons (Fsp3) is 0.438. The Balaban J connectivity index is 2.23. The van der Waals surface area contributed by atoms with E-state index in [0.29, 0.717) is 5.56 Å². The van der Waals surface area contributed by atoms with Crippen LogP contribution in [0.2, 0.25) is 0 Å². The molecule has 0 radical (unpaired) electrons. The number of nitrogens with one attached hydrogen (secondary N) is 1. The molecule has 8 heteroatoms. The van der Waals surface area contributed by atoms with Gasteiger partial charge in [-0.2, -0.15) is 13.2 Å². The lowest BCUT2D eigenvalue weighted by Crippen LogP contribution is -2.34. The molecule has 0 spiro atoms. The molecular weight excluding hydrogens is 343 g/mol. The number of aryl methyl sites for hydroxylation is 1. The normalized spacial score (nSPS) is 18.6. The molecule has 24 heavy (non-hydrogen) atoms. The van der Waals surface area contributed by atoms with Crippen LogP contribution in [0.1, 0.15) is 36.4 Å². The zero-order chi connectivity index (χ0) is 18.0. The quantitative estimate of drug-likeness (QED) is 0.896. The Morgan fingerprint density at radius 3 is 2.42 bits per heavy atom. The van der Waals surface area contributed by atoms with Crippen LogP contribution in [0.15, 0.2) is 35.2 Å². The van der Waals surface area contributed by atoms with Crippen LogP contribution in [0.25, 0.3) is 0 Å². The molecule has 1 N–H and O–H groups in total. The van der Waals surface area contributed by atoms with Crippen molar-refractivity contribution in [2.75, 3.05) is 5.75 Å². The molecule has 0 saturated carbocycles. The van der Waals surface area contributed by atoms with Gasteiger partial charge in [-0.05, 0) is 25.3 Å². The summed E-state index contributed by atoms with van der Waals surface area (Å²) in [6.45, 7) is 1.80. The maximum Gasteiger partial charge on any atom is 0.391 e. The standard InChI is InChI=1S/C16H18F3NO3S/c1-11-4-6-12(7-5-11)14(9-16(17,18)19)20-15(21)13-3-2-8-24(22,23)10-13/h4-7,10,14H,2-3,8-9H2,1H3,(H,20,21). The number of rotatable bonds is 4. The molecule has 4 nitrogen and oxygen atoms in total. The van der Waals surface area contributed by atoms with Crippen LogP contribution in [-0.4, -0.2) is 26.3 Å². The molecule has 0 aromatic heterocycles. The van der Waals surface area contributed by atoms with Crippen LogP contribution in [0, 0.1) is 6.92 Å². The summed E-state index contributed by atoms with van der Waals surface area (Å²) in [6, 6.07) is 5.11. The molecule has 132 valence electrons. The summed E-state index contributed by atoms with van der Waals surface area (Å²) in [5, 5.41) is 3.19. The molecule has 1 heterocycles. The van der Waals surface area contributed by atoms with E-state index in [-0.39, 0.29) is 24.2 Å². The van der Waals surface area contributed by atoms with Crippen molar-refractivity contribution >= 4 is 15.7 Å². The highest BCUT2D eigenvalue weighted by atomic mass is 32.2. The molecule has 0 fully saturated rings. The van der Waals surface area contributed by atoms with Gasteiger partial charge in [0.25, 0.3) is 0 Å². The van der Waals surface area contributed by atoms with E-state index in [9.17, 15) is 26.4 Å². The summed E-state index contributed by atoms with van der Waals surface area (Å²) in [7, 11) is -3.46. The Kier molecular flexibility index (Phi) is 5.37. The van der Waals surface area contributed by atoms with E-state index in [2.05, 4.69) is 5.32 Å². The fourth-order valence-corrected chi connectivity index (χ4v) is 3.82. The first kappa shape index (κ1) is 18.5. The monoisotopic (exact) mass is 361 g/mol. The molecule has 1 aliphatic rings. The molecular formula is C16H18F3NO3S. The van der Waals surface area contributed by atoms with E-state index in [1.807, 2.05) is 0 Å². The summed E-state index contributed by atoms with van der Waals surface area (Å²) in [5.41, 5.74) is 1.21. The minimum absolute atomic E-state index is 0.000496. The number of amides is 1. The van der Waals surface area contributed by atoms with Crippen molar-refractivity contribution in [2.24, 2.45) is 0 Å². The lowest BCUT2D eigenvalue weighted by molar-refractivity contribution is -0.142. The van der Waals surface area contributed by atoms with Gasteiger partial charge in [0, 0.05) is 11.0 Å². The van der Waals surface area contributed by atoms with Crippen molar-refractivity contribution in [3.63, 3.8) is 0 Å². The first-order chi connectivity index (χ1) is 11.1. The first-order valence-corrected chi connectivity index (χ1v) is 9.15. The van der Waals surface area contributed by atoms with Crippen molar-refractivity contribution in [1.82, 2.24) is 5.32 Å².